The van der Waals surface area contributed by atoms with E-state index in [1.54, 1.807) is 18.2 Å². The monoisotopic (exact) mass is 402 g/mol. The van der Waals surface area contributed by atoms with E-state index in [0.29, 0.717) is 17.3 Å². The molecule has 152 valence electrons. The Kier molecular flexibility index (Phi) is 4.75. The molecule has 1 N–H and O–H groups in total. The van der Waals surface area contributed by atoms with Crippen LogP contribution in [0.5, 0.6) is 5.75 Å². The Labute approximate surface area is 173 Å². The van der Waals surface area contributed by atoms with Gasteiger partial charge < -0.3 is 19.0 Å². The molecule has 1 saturated heterocycles. The van der Waals surface area contributed by atoms with Crippen molar-refractivity contribution < 1.29 is 13.9 Å². The number of likely N-dealkylation sites (tertiary alicyclic amines) is 1. The molecule has 1 aliphatic heterocycles. The summed E-state index contributed by atoms with van der Waals surface area (Å²) in [5.41, 5.74) is 2.54. The zero-order valence-corrected chi connectivity index (χ0v) is 16.5. The third kappa shape index (κ3) is 3.56. The topological polar surface area (TPSA) is 75.5 Å². The van der Waals surface area contributed by atoms with E-state index in [1.165, 1.54) is 17.0 Å². The zero-order chi connectivity index (χ0) is 20.5. The van der Waals surface area contributed by atoms with Crippen LogP contribution in [0.15, 0.2) is 70.0 Å². The zero-order valence-electron chi connectivity index (χ0n) is 16.5. The van der Waals surface area contributed by atoms with E-state index in [9.17, 15) is 9.59 Å². The van der Waals surface area contributed by atoms with Crippen molar-refractivity contribution in [3.63, 3.8) is 0 Å². The van der Waals surface area contributed by atoms with Crippen LogP contribution in [0.25, 0.3) is 21.9 Å². The molecule has 0 radical (unpaired) electrons. The van der Waals surface area contributed by atoms with Gasteiger partial charge in [0.1, 0.15) is 11.3 Å². The average molecular weight is 402 g/mol. The lowest BCUT2D eigenvalue weighted by Crippen LogP contribution is -2.40. The SMILES string of the molecule is O=C(COc1ccc2ccc(=O)oc2c1)N1CCC(c2c[nH]c3ccccc23)CC1. The molecule has 0 unspecified atom stereocenters. The smallest absolute Gasteiger partial charge is 0.336 e. The van der Waals surface area contributed by atoms with Gasteiger partial charge in [0.25, 0.3) is 5.91 Å². The van der Waals surface area contributed by atoms with Crippen LogP contribution in [0.4, 0.5) is 0 Å². The maximum Gasteiger partial charge on any atom is 0.336 e. The van der Waals surface area contributed by atoms with E-state index in [0.717, 1.165) is 36.8 Å². The first-order valence-corrected chi connectivity index (χ1v) is 10.2. The second-order valence-corrected chi connectivity index (χ2v) is 7.69. The van der Waals surface area contributed by atoms with Crippen LogP contribution < -0.4 is 10.4 Å². The second-order valence-electron chi connectivity index (χ2n) is 7.69. The predicted octanol–water partition coefficient (Wildman–Crippen LogP) is 4.06. The van der Waals surface area contributed by atoms with E-state index in [1.807, 2.05) is 17.0 Å². The number of hydrogen-bond donors (Lipinski definition) is 1. The number of para-hydroxylation sites is 1. The molecule has 0 saturated carbocycles. The van der Waals surface area contributed by atoms with Gasteiger partial charge in [0.05, 0.1) is 0 Å². The van der Waals surface area contributed by atoms with Crippen LogP contribution in [-0.4, -0.2) is 35.5 Å². The van der Waals surface area contributed by atoms with Crippen molar-refractivity contribution in [1.29, 1.82) is 0 Å². The largest absolute Gasteiger partial charge is 0.484 e. The van der Waals surface area contributed by atoms with Crippen molar-refractivity contribution in [2.45, 2.75) is 18.8 Å². The van der Waals surface area contributed by atoms with Crippen LogP contribution in [0.2, 0.25) is 0 Å². The van der Waals surface area contributed by atoms with Crippen molar-refractivity contribution in [1.82, 2.24) is 9.88 Å². The Morgan fingerprint density at radius 2 is 1.90 bits per heavy atom. The molecule has 0 spiro atoms. The van der Waals surface area contributed by atoms with Gasteiger partial charge in [0, 0.05) is 47.7 Å². The van der Waals surface area contributed by atoms with Crippen molar-refractivity contribution in [3.8, 4) is 5.75 Å². The number of nitrogens with zero attached hydrogens (tertiary/aromatic N) is 1. The summed E-state index contributed by atoms with van der Waals surface area (Å²) < 4.78 is 10.8. The molecule has 30 heavy (non-hydrogen) atoms. The molecule has 2 aromatic heterocycles. The Morgan fingerprint density at radius 1 is 1.10 bits per heavy atom. The van der Waals surface area contributed by atoms with Gasteiger partial charge in [0.15, 0.2) is 6.61 Å². The highest BCUT2D eigenvalue weighted by Crippen LogP contribution is 2.33. The molecule has 3 heterocycles. The van der Waals surface area contributed by atoms with E-state index >= 15 is 0 Å². The van der Waals surface area contributed by atoms with Gasteiger partial charge in [0.2, 0.25) is 0 Å². The molecule has 4 aromatic rings. The average Bonchev–Trinajstić information content (AvgIpc) is 3.21. The quantitative estimate of drug-likeness (QED) is 0.523. The van der Waals surface area contributed by atoms with E-state index < -0.39 is 5.63 Å². The summed E-state index contributed by atoms with van der Waals surface area (Å²) in [7, 11) is 0. The number of amides is 1. The van der Waals surface area contributed by atoms with Crippen LogP contribution >= 0.6 is 0 Å². The highest BCUT2D eigenvalue weighted by molar-refractivity contribution is 5.84. The molecular weight excluding hydrogens is 380 g/mol. The lowest BCUT2D eigenvalue weighted by molar-refractivity contribution is -0.134. The van der Waals surface area contributed by atoms with E-state index in [2.05, 4.69) is 29.4 Å². The summed E-state index contributed by atoms with van der Waals surface area (Å²) in [5.74, 6) is 0.940. The molecule has 0 atom stereocenters. The number of aromatic nitrogens is 1. The summed E-state index contributed by atoms with van der Waals surface area (Å²) in [4.78, 5) is 29.2. The number of nitrogens with one attached hydrogen (secondary N) is 1. The number of piperidine rings is 1. The van der Waals surface area contributed by atoms with Crippen LogP contribution in [0, 0.1) is 0 Å². The summed E-state index contributed by atoms with van der Waals surface area (Å²) >= 11 is 0. The van der Waals surface area contributed by atoms with Gasteiger partial charge in [-0.3, -0.25) is 4.79 Å². The number of benzene rings is 2. The maximum absolute atomic E-state index is 12.6. The maximum atomic E-state index is 12.6. The minimum Gasteiger partial charge on any atom is -0.484 e. The summed E-state index contributed by atoms with van der Waals surface area (Å²) in [5, 5.41) is 2.08. The van der Waals surface area contributed by atoms with E-state index in [4.69, 9.17) is 9.15 Å². The summed E-state index contributed by atoms with van der Waals surface area (Å²) in [6.45, 7) is 1.41. The van der Waals surface area contributed by atoms with Gasteiger partial charge in [-0.2, -0.15) is 0 Å². The van der Waals surface area contributed by atoms with Crippen LogP contribution in [-0.2, 0) is 4.79 Å². The van der Waals surface area contributed by atoms with Crippen molar-refractivity contribution in [2.24, 2.45) is 0 Å². The first-order chi connectivity index (χ1) is 14.7. The van der Waals surface area contributed by atoms with Gasteiger partial charge in [-0.15, -0.1) is 0 Å². The predicted molar refractivity (Wildman–Crippen MR) is 115 cm³/mol. The minimum atomic E-state index is -0.409. The van der Waals surface area contributed by atoms with E-state index in [-0.39, 0.29) is 12.5 Å². The number of H-pyrrole nitrogens is 1. The number of hydrogen-bond acceptors (Lipinski definition) is 4. The van der Waals surface area contributed by atoms with Gasteiger partial charge in [-0.25, -0.2) is 4.79 Å². The molecule has 2 aromatic carbocycles. The first-order valence-electron chi connectivity index (χ1n) is 10.2. The normalized spacial score (nSPS) is 15.0. The number of carbonyl (C=O) groups is 1. The third-order valence-electron chi connectivity index (χ3n) is 5.87. The highest BCUT2D eigenvalue weighted by atomic mass is 16.5. The molecule has 5 rings (SSSR count). The van der Waals surface area contributed by atoms with Crippen LogP contribution in [0.1, 0.15) is 24.3 Å². The molecule has 1 aliphatic rings. The number of fused-ring (bicyclic) bond motifs is 2. The molecule has 6 heteroatoms. The highest BCUT2D eigenvalue weighted by Gasteiger charge is 2.25. The van der Waals surface area contributed by atoms with Gasteiger partial charge in [-0.05, 0) is 48.6 Å². The molecular formula is C24H22N2O4. The third-order valence-corrected chi connectivity index (χ3v) is 5.87. The first kappa shape index (κ1) is 18.5. The standard InChI is InChI=1S/C24H22N2O4/c27-23(15-29-18-7-5-17-6-8-24(28)30-22(17)13-18)26-11-9-16(10-12-26)20-14-25-21-4-2-1-3-19(20)21/h1-8,13-14,16,25H,9-12,15H2. The van der Waals surface area contributed by atoms with Crippen molar-refractivity contribution in [2.75, 3.05) is 19.7 Å². The Balaban J connectivity index is 1.19. The number of rotatable bonds is 4. The fourth-order valence-electron chi connectivity index (χ4n) is 4.24. The van der Waals surface area contributed by atoms with Gasteiger partial charge in [-0.1, -0.05) is 18.2 Å². The Bertz CT molecular complexity index is 1260. The van der Waals surface area contributed by atoms with Crippen molar-refractivity contribution >= 4 is 27.8 Å². The fraction of sp³-hybridized carbons (Fsp3) is 0.250. The molecule has 0 bridgehead atoms. The Morgan fingerprint density at radius 3 is 2.77 bits per heavy atom. The second kappa shape index (κ2) is 7.71. The number of aromatic amines is 1. The minimum absolute atomic E-state index is 0.0259. The molecule has 1 fully saturated rings. The summed E-state index contributed by atoms with van der Waals surface area (Å²) in [6.07, 6.45) is 3.98. The van der Waals surface area contributed by atoms with Crippen LogP contribution in [0.3, 0.4) is 0 Å². The fourth-order valence-corrected chi connectivity index (χ4v) is 4.24. The molecule has 6 nitrogen and oxygen atoms in total. The number of carbonyl (C=O) groups excluding carboxylic acids is 1. The molecule has 0 aliphatic carbocycles. The lowest BCUT2D eigenvalue weighted by Gasteiger charge is -2.32. The molecule has 1 amide bonds. The van der Waals surface area contributed by atoms with Gasteiger partial charge >= 0.3 is 5.63 Å². The van der Waals surface area contributed by atoms with Crippen molar-refractivity contribution in [3.05, 3.63) is 76.8 Å². The lowest BCUT2D eigenvalue weighted by atomic mass is 9.89. The Hall–Kier alpha value is -3.54. The number of ether oxygens (including phenoxy) is 1. The summed E-state index contributed by atoms with van der Waals surface area (Å²) in [6, 6.07) is 16.7.